The first-order valence-corrected chi connectivity index (χ1v) is 9.88. The van der Waals surface area contributed by atoms with E-state index in [1.165, 1.54) is 0 Å². The molecule has 1 aliphatic rings. The Kier molecular flexibility index (Phi) is 4.67. The smallest absolute Gasteiger partial charge is 0.344 e. The molecular formula is C25H19NO5. The summed E-state index contributed by atoms with van der Waals surface area (Å²) >= 11 is 0. The lowest BCUT2D eigenvalue weighted by atomic mass is 9.88. The van der Waals surface area contributed by atoms with Gasteiger partial charge in [0.15, 0.2) is 6.10 Å². The number of benzene rings is 3. The fraction of sp³-hybridized carbons (Fsp3) is 0.120. The van der Waals surface area contributed by atoms with Gasteiger partial charge in [-0.15, -0.1) is 0 Å². The first-order chi connectivity index (χ1) is 15.2. The minimum Gasteiger partial charge on any atom is -0.497 e. The van der Waals surface area contributed by atoms with Gasteiger partial charge in [0, 0.05) is 5.69 Å². The largest absolute Gasteiger partial charge is 0.497 e. The van der Waals surface area contributed by atoms with Gasteiger partial charge >= 0.3 is 5.63 Å². The van der Waals surface area contributed by atoms with Crippen LogP contribution in [-0.2, 0) is 4.79 Å². The molecule has 0 radical (unpaired) electrons. The third kappa shape index (κ3) is 3.32. The van der Waals surface area contributed by atoms with E-state index in [0.717, 1.165) is 5.56 Å². The number of anilines is 1. The Hall–Kier alpha value is -4.06. The topological polar surface area (TPSA) is 77.8 Å². The molecule has 6 heteroatoms. The summed E-state index contributed by atoms with van der Waals surface area (Å²) in [4.78, 5) is 26.2. The highest BCUT2D eigenvalue weighted by atomic mass is 16.5. The zero-order valence-electron chi connectivity index (χ0n) is 16.7. The lowest BCUT2D eigenvalue weighted by Crippen LogP contribution is -2.35. The second-order valence-corrected chi connectivity index (χ2v) is 7.27. The van der Waals surface area contributed by atoms with Crippen molar-refractivity contribution in [1.82, 2.24) is 0 Å². The molecule has 0 aliphatic carbocycles. The molecule has 2 heterocycles. The van der Waals surface area contributed by atoms with Crippen molar-refractivity contribution in [2.75, 3.05) is 12.4 Å². The Bertz CT molecular complexity index is 1310. The summed E-state index contributed by atoms with van der Waals surface area (Å²) in [6, 6.07) is 23.5. The third-order valence-electron chi connectivity index (χ3n) is 5.43. The van der Waals surface area contributed by atoms with Gasteiger partial charge in [0.25, 0.3) is 5.91 Å². The average Bonchev–Trinajstić information content (AvgIpc) is 3.22. The predicted octanol–water partition coefficient (Wildman–Crippen LogP) is 4.33. The van der Waals surface area contributed by atoms with E-state index in [1.807, 2.05) is 42.5 Å². The van der Waals surface area contributed by atoms with Crippen LogP contribution in [0.5, 0.6) is 11.5 Å². The number of ether oxygens (including phenoxy) is 2. The number of fused-ring (bicyclic) bond motifs is 3. The normalized spacial score (nSPS) is 17.1. The van der Waals surface area contributed by atoms with E-state index in [-0.39, 0.29) is 5.91 Å². The molecule has 1 aliphatic heterocycles. The van der Waals surface area contributed by atoms with Crippen molar-refractivity contribution in [3.05, 3.63) is 100 Å². The number of hydrogen-bond acceptors (Lipinski definition) is 5. The van der Waals surface area contributed by atoms with Gasteiger partial charge in [-0.3, -0.25) is 4.79 Å². The lowest BCUT2D eigenvalue weighted by molar-refractivity contribution is -0.122. The van der Waals surface area contributed by atoms with Crippen LogP contribution in [0.2, 0.25) is 0 Å². The molecule has 2 unspecified atom stereocenters. The number of carbonyl (C=O) groups excluding carboxylic acids is 1. The molecule has 5 rings (SSSR count). The van der Waals surface area contributed by atoms with E-state index >= 15 is 0 Å². The number of para-hydroxylation sites is 2. The number of methoxy groups -OCH3 is 1. The van der Waals surface area contributed by atoms with Crippen LogP contribution in [0.1, 0.15) is 17.0 Å². The van der Waals surface area contributed by atoms with Gasteiger partial charge < -0.3 is 19.2 Å². The van der Waals surface area contributed by atoms with E-state index in [2.05, 4.69) is 5.32 Å². The second kappa shape index (κ2) is 7.65. The van der Waals surface area contributed by atoms with E-state index in [0.29, 0.717) is 33.7 Å². The lowest BCUT2D eigenvalue weighted by Gasteiger charge is -2.19. The Morgan fingerprint density at radius 3 is 2.39 bits per heavy atom. The highest BCUT2D eigenvalue weighted by molar-refractivity contribution is 5.97. The molecule has 0 bridgehead atoms. The number of amides is 1. The standard InChI is InChI=1S/C25H19NO5/c1-29-17-13-11-15(12-14-17)20-21-22(18-9-5-6-10-19(18)30-25(21)28)31-23(20)24(27)26-16-7-3-2-4-8-16/h2-14,20,23H,1H3,(H,26,27). The predicted molar refractivity (Wildman–Crippen MR) is 117 cm³/mol. The van der Waals surface area contributed by atoms with Crippen molar-refractivity contribution >= 4 is 22.6 Å². The first-order valence-electron chi connectivity index (χ1n) is 9.88. The van der Waals surface area contributed by atoms with Crippen LogP contribution < -0.4 is 20.4 Å². The summed E-state index contributed by atoms with van der Waals surface area (Å²) in [5.74, 6) is 0.108. The SMILES string of the molecule is COc1ccc(C2c3c(c4ccccc4oc3=O)OC2C(=O)Nc2ccccc2)cc1. The summed E-state index contributed by atoms with van der Waals surface area (Å²) in [5, 5.41) is 3.55. The fourth-order valence-electron chi connectivity index (χ4n) is 3.97. The molecule has 6 nitrogen and oxygen atoms in total. The molecule has 0 fully saturated rings. The third-order valence-corrected chi connectivity index (χ3v) is 5.43. The Morgan fingerprint density at radius 1 is 0.935 bits per heavy atom. The number of hydrogen-bond donors (Lipinski definition) is 1. The van der Waals surface area contributed by atoms with E-state index in [1.54, 1.807) is 43.5 Å². The molecule has 1 N–H and O–H groups in total. The van der Waals surface area contributed by atoms with Crippen LogP contribution in [0.15, 0.2) is 88.1 Å². The van der Waals surface area contributed by atoms with Gasteiger partial charge in [0.1, 0.15) is 17.1 Å². The van der Waals surface area contributed by atoms with Gasteiger partial charge in [-0.2, -0.15) is 0 Å². The van der Waals surface area contributed by atoms with E-state index in [4.69, 9.17) is 13.9 Å². The Labute approximate surface area is 178 Å². The molecule has 0 saturated heterocycles. The number of rotatable bonds is 4. The van der Waals surface area contributed by atoms with Crippen LogP contribution in [0.4, 0.5) is 5.69 Å². The molecular weight excluding hydrogens is 394 g/mol. The minimum atomic E-state index is -0.933. The van der Waals surface area contributed by atoms with Crippen molar-refractivity contribution in [1.29, 1.82) is 0 Å². The number of carbonyl (C=O) groups is 1. The molecule has 2 atom stereocenters. The summed E-state index contributed by atoms with van der Waals surface area (Å²) in [6.07, 6.45) is -0.933. The molecule has 4 aromatic rings. The maximum absolute atomic E-state index is 13.2. The summed E-state index contributed by atoms with van der Waals surface area (Å²) in [6.45, 7) is 0. The van der Waals surface area contributed by atoms with Crippen molar-refractivity contribution in [3.63, 3.8) is 0 Å². The maximum Gasteiger partial charge on any atom is 0.344 e. The van der Waals surface area contributed by atoms with Gasteiger partial charge in [-0.05, 0) is 42.0 Å². The highest BCUT2D eigenvalue weighted by Gasteiger charge is 2.44. The zero-order valence-corrected chi connectivity index (χ0v) is 16.7. The Balaban J connectivity index is 1.64. The minimum absolute atomic E-state index is 0.341. The number of nitrogens with one attached hydrogen (secondary N) is 1. The molecule has 1 amide bonds. The molecule has 154 valence electrons. The van der Waals surface area contributed by atoms with E-state index in [9.17, 15) is 9.59 Å². The van der Waals surface area contributed by atoms with Crippen LogP contribution in [-0.4, -0.2) is 19.1 Å². The highest BCUT2D eigenvalue weighted by Crippen LogP contribution is 2.44. The quantitative estimate of drug-likeness (QED) is 0.504. The van der Waals surface area contributed by atoms with Crippen molar-refractivity contribution in [3.8, 4) is 11.5 Å². The first kappa shape index (κ1) is 18.9. The van der Waals surface area contributed by atoms with Gasteiger partial charge in [0.2, 0.25) is 0 Å². The molecule has 0 spiro atoms. The fourth-order valence-corrected chi connectivity index (χ4v) is 3.97. The maximum atomic E-state index is 13.2. The van der Waals surface area contributed by atoms with E-state index < -0.39 is 17.6 Å². The molecule has 0 saturated carbocycles. The monoisotopic (exact) mass is 413 g/mol. The van der Waals surface area contributed by atoms with Crippen molar-refractivity contribution in [2.24, 2.45) is 0 Å². The van der Waals surface area contributed by atoms with Crippen molar-refractivity contribution < 1.29 is 18.7 Å². The molecule has 3 aromatic carbocycles. The average molecular weight is 413 g/mol. The summed E-state index contributed by atoms with van der Waals surface area (Å²) in [7, 11) is 1.58. The van der Waals surface area contributed by atoms with Gasteiger partial charge in [-0.25, -0.2) is 4.79 Å². The van der Waals surface area contributed by atoms with Crippen LogP contribution in [0.25, 0.3) is 11.0 Å². The second-order valence-electron chi connectivity index (χ2n) is 7.27. The van der Waals surface area contributed by atoms with Crippen LogP contribution in [0, 0.1) is 0 Å². The van der Waals surface area contributed by atoms with Crippen LogP contribution >= 0.6 is 0 Å². The summed E-state index contributed by atoms with van der Waals surface area (Å²) in [5.41, 5.74) is 1.67. The molecule has 31 heavy (non-hydrogen) atoms. The molecule has 1 aromatic heterocycles. The van der Waals surface area contributed by atoms with Crippen LogP contribution in [0.3, 0.4) is 0 Å². The summed E-state index contributed by atoms with van der Waals surface area (Å²) < 4.78 is 17.0. The van der Waals surface area contributed by atoms with Gasteiger partial charge in [0.05, 0.1) is 24.0 Å². The van der Waals surface area contributed by atoms with Crippen molar-refractivity contribution in [2.45, 2.75) is 12.0 Å². The zero-order chi connectivity index (χ0) is 21.4. The van der Waals surface area contributed by atoms with Gasteiger partial charge in [-0.1, -0.05) is 42.5 Å². The Morgan fingerprint density at radius 2 is 1.65 bits per heavy atom.